The molecule has 2 nitrogen and oxygen atoms in total. The van der Waals surface area contributed by atoms with Gasteiger partial charge in [0.05, 0.1) is 7.11 Å². The summed E-state index contributed by atoms with van der Waals surface area (Å²) in [4.78, 5) is 11.2. The molecule has 0 saturated carbocycles. The lowest BCUT2D eigenvalue weighted by Gasteiger charge is -2.01. The average Bonchev–Trinajstić information content (AvgIpc) is 2.43. The first-order valence-electron chi connectivity index (χ1n) is 4.07. The molecule has 0 amide bonds. The van der Waals surface area contributed by atoms with E-state index in [1.807, 2.05) is 0 Å². The van der Waals surface area contributed by atoms with E-state index in [9.17, 15) is 9.18 Å². The predicted octanol–water partition coefficient (Wildman–Crippen LogP) is 1.77. The number of halogens is 1. The summed E-state index contributed by atoms with van der Waals surface area (Å²) < 4.78 is 17.9. The van der Waals surface area contributed by atoms with E-state index in [1.54, 1.807) is 18.2 Å². The van der Waals surface area contributed by atoms with Gasteiger partial charge in [0.15, 0.2) is 12.0 Å². The molecule has 0 spiro atoms. The summed E-state index contributed by atoms with van der Waals surface area (Å²) in [6, 6.07) is 5.08. The zero-order valence-corrected chi connectivity index (χ0v) is 7.21. The molecule has 13 heavy (non-hydrogen) atoms. The van der Waals surface area contributed by atoms with Gasteiger partial charge in [0.1, 0.15) is 5.75 Å². The van der Waals surface area contributed by atoms with Crippen LogP contribution in [0.1, 0.15) is 15.9 Å². The molecule has 3 heteroatoms. The van der Waals surface area contributed by atoms with Gasteiger partial charge in [-0.1, -0.05) is 6.07 Å². The Labute approximate surface area is 75.3 Å². The van der Waals surface area contributed by atoms with E-state index < -0.39 is 12.0 Å². The first kappa shape index (κ1) is 8.23. The molecular formula is C10H9FO2. The third kappa shape index (κ3) is 1.20. The molecule has 1 aromatic carbocycles. The number of methoxy groups -OCH3 is 1. The van der Waals surface area contributed by atoms with Crippen LogP contribution < -0.4 is 4.74 Å². The lowest BCUT2D eigenvalue weighted by atomic mass is 10.1. The van der Waals surface area contributed by atoms with E-state index in [0.717, 1.165) is 5.56 Å². The zero-order valence-electron chi connectivity index (χ0n) is 7.21. The first-order valence-corrected chi connectivity index (χ1v) is 4.07. The highest BCUT2D eigenvalue weighted by atomic mass is 19.1. The molecular weight excluding hydrogens is 171 g/mol. The maximum absolute atomic E-state index is 13.0. The fourth-order valence-electron chi connectivity index (χ4n) is 1.54. The van der Waals surface area contributed by atoms with Gasteiger partial charge in [-0.15, -0.1) is 0 Å². The van der Waals surface area contributed by atoms with E-state index >= 15 is 0 Å². The summed E-state index contributed by atoms with van der Waals surface area (Å²) in [6.07, 6.45) is -1.15. The van der Waals surface area contributed by atoms with Gasteiger partial charge >= 0.3 is 0 Å². The maximum atomic E-state index is 13.0. The van der Waals surface area contributed by atoms with Crippen LogP contribution in [0.4, 0.5) is 4.39 Å². The molecule has 1 aliphatic rings. The number of Topliss-reactive ketones (excluding diaryl/α,β-unsaturated/α-hetero) is 1. The van der Waals surface area contributed by atoms with Crippen molar-refractivity contribution in [2.24, 2.45) is 0 Å². The molecule has 0 aliphatic heterocycles. The first-order chi connectivity index (χ1) is 6.22. The third-order valence-electron chi connectivity index (χ3n) is 2.27. The molecule has 0 heterocycles. The van der Waals surface area contributed by atoms with Crippen LogP contribution in [0.15, 0.2) is 18.2 Å². The largest absolute Gasteiger partial charge is 0.497 e. The lowest BCUT2D eigenvalue weighted by Crippen LogP contribution is -2.08. The smallest absolute Gasteiger partial charge is 0.197 e. The van der Waals surface area contributed by atoms with Crippen molar-refractivity contribution in [1.29, 1.82) is 0 Å². The van der Waals surface area contributed by atoms with Crippen LogP contribution in [-0.2, 0) is 6.42 Å². The Kier molecular flexibility index (Phi) is 1.79. The molecule has 0 fully saturated rings. The quantitative estimate of drug-likeness (QED) is 0.658. The van der Waals surface area contributed by atoms with Crippen LogP contribution in [0.3, 0.4) is 0 Å². The molecule has 1 aromatic rings. The SMILES string of the molecule is COc1ccc2c(c1)C(=O)C(F)C2. The highest BCUT2D eigenvalue weighted by Crippen LogP contribution is 2.27. The number of benzene rings is 1. The third-order valence-corrected chi connectivity index (χ3v) is 2.27. The van der Waals surface area contributed by atoms with E-state index in [-0.39, 0.29) is 6.42 Å². The van der Waals surface area contributed by atoms with Gasteiger partial charge in [0.2, 0.25) is 0 Å². The monoisotopic (exact) mass is 180 g/mol. The Balaban J connectivity index is 2.48. The minimum Gasteiger partial charge on any atom is -0.497 e. The van der Waals surface area contributed by atoms with Crippen molar-refractivity contribution in [2.45, 2.75) is 12.6 Å². The molecule has 0 aromatic heterocycles. The Morgan fingerprint density at radius 2 is 2.31 bits per heavy atom. The van der Waals surface area contributed by atoms with E-state index in [4.69, 9.17) is 4.74 Å². The molecule has 1 unspecified atom stereocenters. The van der Waals surface area contributed by atoms with Crippen LogP contribution in [0.25, 0.3) is 0 Å². The number of fused-ring (bicyclic) bond motifs is 1. The molecule has 0 N–H and O–H groups in total. The molecule has 1 aliphatic carbocycles. The second kappa shape index (κ2) is 2.83. The van der Waals surface area contributed by atoms with Crippen molar-refractivity contribution in [2.75, 3.05) is 7.11 Å². The Bertz CT molecular complexity index is 360. The number of alkyl halides is 1. The fraction of sp³-hybridized carbons (Fsp3) is 0.300. The molecule has 68 valence electrons. The Hall–Kier alpha value is -1.38. The van der Waals surface area contributed by atoms with Gasteiger partial charge in [0.25, 0.3) is 0 Å². The Morgan fingerprint density at radius 1 is 1.54 bits per heavy atom. The van der Waals surface area contributed by atoms with Crippen molar-refractivity contribution in [3.8, 4) is 5.75 Å². The second-order valence-electron chi connectivity index (χ2n) is 3.06. The highest BCUT2D eigenvalue weighted by Gasteiger charge is 2.30. The zero-order chi connectivity index (χ0) is 9.42. The lowest BCUT2D eigenvalue weighted by molar-refractivity contribution is 0.0899. The molecule has 1 atom stereocenters. The second-order valence-corrected chi connectivity index (χ2v) is 3.06. The Morgan fingerprint density at radius 3 is 3.00 bits per heavy atom. The van der Waals surface area contributed by atoms with Gasteiger partial charge in [-0.25, -0.2) is 4.39 Å². The van der Waals surface area contributed by atoms with Crippen LogP contribution in [0.2, 0.25) is 0 Å². The summed E-state index contributed by atoms with van der Waals surface area (Å²) in [6.45, 7) is 0. The molecule has 0 saturated heterocycles. The van der Waals surface area contributed by atoms with E-state index in [0.29, 0.717) is 11.3 Å². The van der Waals surface area contributed by atoms with Crippen molar-refractivity contribution in [3.63, 3.8) is 0 Å². The summed E-state index contributed by atoms with van der Waals surface area (Å²) >= 11 is 0. The standard InChI is InChI=1S/C10H9FO2/c1-13-7-3-2-6-4-9(11)10(12)8(6)5-7/h2-3,5,9H,4H2,1H3. The van der Waals surface area contributed by atoms with Crippen LogP contribution in [-0.4, -0.2) is 19.1 Å². The van der Waals surface area contributed by atoms with Crippen molar-refractivity contribution in [1.82, 2.24) is 0 Å². The number of carbonyl (C=O) groups is 1. The number of ether oxygens (including phenoxy) is 1. The summed E-state index contributed by atoms with van der Waals surface area (Å²) in [5.41, 5.74) is 1.24. The minimum atomic E-state index is -1.36. The number of carbonyl (C=O) groups excluding carboxylic acids is 1. The van der Waals surface area contributed by atoms with Crippen LogP contribution >= 0.6 is 0 Å². The maximum Gasteiger partial charge on any atom is 0.197 e. The van der Waals surface area contributed by atoms with E-state index in [1.165, 1.54) is 7.11 Å². The average molecular weight is 180 g/mol. The van der Waals surface area contributed by atoms with Crippen molar-refractivity contribution < 1.29 is 13.9 Å². The topological polar surface area (TPSA) is 26.3 Å². The van der Waals surface area contributed by atoms with Crippen molar-refractivity contribution in [3.05, 3.63) is 29.3 Å². The molecule has 2 rings (SSSR count). The number of ketones is 1. The normalized spacial score (nSPS) is 20.2. The summed E-state index contributed by atoms with van der Waals surface area (Å²) in [7, 11) is 1.52. The van der Waals surface area contributed by atoms with Crippen molar-refractivity contribution >= 4 is 5.78 Å². The van der Waals surface area contributed by atoms with Gasteiger partial charge in [-0.05, 0) is 17.7 Å². The van der Waals surface area contributed by atoms with Crippen LogP contribution in [0, 0.1) is 0 Å². The summed E-state index contributed by atoms with van der Waals surface area (Å²) in [5.74, 6) is 0.176. The van der Waals surface area contributed by atoms with Gasteiger partial charge < -0.3 is 4.74 Å². The highest BCUT2D eigenvalue weighted by molar-refractivity contribution is 6.04. The predicted molar refractivity (Wildman–Crippen MR) is 45.9 cm³/mol. The summed E-state index contributed by atoms with van der Waals surface area (Å²) in [5, 5.41) is 0. The van der Waals surface area contributed by atoms with Gasteiger partial charge in [-0.3, -0.25) is 4.79 Å². The number of hydrogen-bond donors (Lipinski definition) is 0. The van der Waals surface area contributed by atoms with Gasteiger partial charge in [0, 0.05) is 12.0 Å². The minimum absolute atomic E-state index is 0.207. The molecule has 0 bridgehead atoms. The van der Waals surface area contributed by atoms with Gasteiger partial charge in [-0.2, -0.15) is 0 Å². The van der Waals surface area contributed by atoms with Crippen LogP contribution in [0.5, 0.6) is 5.75 Å². The fourth-order valence-corrected chi connectivity index (χ4v) is 1.54. The molecule has 0 radical (unpaired) electrons. The number of hydrogen-bond acceptors (Lipinski definition) is 2. The number of rotatable bonds is 1. The van der Waals surface area contributed by atoms with E-state index in [2.05, 4.69) is 0 Å².